The topological polar surface area (TPSA) is 28.1 Å². The second-order valence-electron chi connectivity index (χ2n) is 6.97. The molecule has 0 aromatic rings. The van der Waals surface area contributed by atoms with Crippen LogP contribution in [0.25, 0.3) is 0 Å². The minimum atomic E-state index is 0.645. The number of hydrogen-bond donors (Lipinski definition) is 0. The van der Waals surface area contributed by atoms with Crippen LogP contribution in [-0.2, 0) is 4.84 Å². The second-order valence-corrected chi connectivity index (χ2v) is 6.97. The van der Waals surface area contributed by atoms with E-state index in [-0.39, 0.29) is 0 Å². The van der Waals surface area contributed by atoms with E-state index < -0.39 is 0 Å². The molecule has 4 heteroatoms. The van der Waals surface area contributed by atoms with Crippen LogP contribution >= 0.6 is 0 Å². The van der Waals surface area contributed by atoms with Crippen LogP contribution in [0.2, 0.25) is 0 Å². The fourth-order valence-electron chi connectivity index (χ4n) is 3.83. The molecule has 2 heterocycles. The minimum Gasteiger partial charge on any atom is -0.396 e. The van der Waals surface area contributed by atoms with Gasteiger partial charge in [0.25, 0.3) is 0 Å². The predicted octanol–water partition coefficient (Wildman–Crippen LogP) is 3.38. The summed E-state index contributed by atoms with van der Waals surface area (Å²) in [6.07, 6.45) is 8.66. The van der Waals surface area contributed by atoms with E-state index in [9.17, 15) is 0 Å². The molecule has 1 atom stereocenters. The lowest BCUT2D eigenvalue weighted by Crippen LogP contribution is -2.43. The smallest absolute Gasteiger partial charge is 0.116 e. The maximum atomic E-state index is 5.43. The maximum Gasteiger partial charge on any atom is 0.116 e. The molecule has 2 fully saturated rings. The number of nitrogens with zero attached hydrogens (tertiary/aromatic N) is 3. The molecule has 0 aromatic carbocycles. The zero-order chi connectivity index (χ0) is 15.8. The molecule has 1 unspecified atom stereocenters. The van der Waals surface area contributed by atoms with Gasteiger partial charge in [0.1, 0.15) is 6.61 Å². The molecule has 22 heavy (non-hydrogen) atoms. The number of oxime groups is 1. The SMILES string of the molecule is CCCO/N=C(\CC)C1CCN(C2CCCN(C)CC2)CC1. The van der Waals surface area contributed by atoms with E-state index in [1.807, 2.05) is 0 Å². The summed E-state index contributed by atoms with van der Waals surface area (Å²) < 4.78 is 0. The molecule has 0 aliphatic carbocycles. The first kappa shape index (κ1) is 17.7. The lowest BCUT2D eigenvalue weighted by molar-refractivity contribution is 0.126. The van der Waals surface area contributed by atoms with Crippen molar-refractivity contribution < 1.29 is 4.84 Å². The highest BCUT2D eigenvalue weighted by atomic mass is 16.6. The molecule has 2 aliphatic heterocycles. The first-order chi connectivity index (χ1) is 10.7. The molecule has 2 rings (SSSR count). The average molecular weight is 309 g/mol. The van der Waals surface area contributed by atoms with Crippen LogP contribution in [0.15, 0.2) is 5.16 Å². The Bertz CT molecular complexity index is 337. The molecule has 4 nitrogen and oxygen atoms in total. The Labute approximate surface area is 136 Å². The summed E-state index contributed by atoms with van der Waals surface area (Å²) in [5.74, 6) is 0.645. The van der Waals surface area contributed by atoms with Gasteiger partial charge in [-0.15, -0.1) is 0 Å². The van der Waals surface area contributed by atoms with Gasteiger partial charge in [-0.3, -0.25) is 0 Å². The van der Waals surface area contributed by atoms with E-state index in [0.29, 0.717) is 5.92 Å². The Hall–Kier alpha value is -0.610. The van der Waals surface area contributed by atoms with Crippen molar-refractivity contribution in [1.82, 2.24) is 9.80 Å². The van der Waals surface area contributed by atoms with Crippen LogP contribution in [0.5, 0.6) is 0 Å². The van der Waals surface area contributed by atoms with Gasteiger partial charge < -0.3 is 14.6 Å². The quantitative estimate of drug-likeness (QED) is 0.428. The number of hydrogen-bond acceptors (Lipinski definition) is 4. The second kappa shape index (κ2) is 9.51. The van der Waals surface area contributed by atoms with E-state index >= 15 is 0 Å². The third-order valence-electron chi connectivity index (χ3n) is 5.28. The van der Waals surface area contributed by atoms with Gasteiger partial charge in [0.2, 0.25) is 0 Å². The molecule has 0 radical (unpaired) electrons. The molecule has 0 N–H and O–H groups in total. The summed E-state index contributed by atoms with van der Waals surface area (Å²) in [6.45, 7) is 10.1. The van der Waals surface area contributed by atoms with E-state index in [1.165, 1.54) is 64.0 Å². The summed E-state index contributed by atoms with van der Waals surface area (Å²) in [5, 5.41) is 4.41. The van der Waals surface area contributed by atoms with Crippen molar-refractivity contribution in [3.05, 3.63) is 0 Å². The number of likely N-dealkylation sites (tertiary alicyclic amines) is 2. The van der Waals surface area contributed by atoms with Crippen molar-refractivity contribution >= 4 is 5.71 Å². The molecule has 2 saturated heterocycles. The Balaban J connectivity index is 1.80. The fourth-order valence-corrected chi connectivity index (χ4v) is 3.83. The third kappa shape index (κ3) is 5.24. The van der Waals surface area contributed by atoms with Crippen LogP contribution in [0.1, 0.15) is 58.8 Å². The van der Waals surface area contributed by atoms with Crippen LogP contribution in [0.3, 0.4) is 0 Å². The predicted molar refractivity (Wildman–Crippen MR) is 93.4 cm³/mol. The summed E-state index contributed by atoms with van der Waals surface area (Å²) in [4.78, 5) is 10.7. The Morgan fingerprint density at radius 3 is 2.50 bits per heavy atom. The minimum absolute atomic E-state index is 0.645. The van der Waals surface area contributed by atoms with E-state index in [2.05, 4.69) is 35.9 Å². The highest BCUT2D eigenvalue weighted by Crippen LogP contribution is 2.25. The fraction of sp³-hybridized carbons (Fsp3) is 0.944. The number of rotatable bonds is 6. The van der Waals surface area contributed by atoms with Crippen molar-refractivity contribution in [2.75, 3.05) is 39.8 Å². The Morgan fingerprint density at radius 1 is 1.05 bits per heavy atom. The Morgan fingerprint density at radius 2 is 1.82 bits per heavy atom. The molecule has 0 bridgehead atoms. The highest BCUT2D eigenvalue weighted by Gasteiger charge is 2.28. The first-order valence-electron chi connectivity index (χ1n) is 9.35. The largest absolute Gasteiger partial charge is 0.396 e. The molecule has 0 spiro atoms. The first-order valence-corrected chi connectivity index (χ1v) is 9.35. The van der Waals surface area contributed by atoms with E-state index in [1.54, 1.807) is 0 Å². The van der Waals surface area contributed by atoms with Crippen molar-refractivity contribution in [2.24, 2.45) is 11.1 Å². The van der Waals surface area contributed by atoms with Gasteiger partial charge in [-0.2, -0.15) is 0 Å². The standard InChI is InChI=1S/C18H35N3O/c1-4-15-22-19-18(5-2)16-8-13-21(14-9-16)17-7-6-11-20(3)12-10-17/h16-17H,4-15H2,1-3H3/b19-18+. The zero-order valence-electron chi connectivity index (χ0n) is 14.9. The van der Waals surface area contributed by atoms with Gasteiger partial charge >= 0.3 is 0 Å². The number of piperidine rings is 1. The van der Waals surface area contributed by atoms with Gasteiger partial charge in [0.15, 0.2) is 0 Å². The molecule has 2 aliphatic rings. The summed E-state index contributed by atoms with van der Waals surface area (Å²) in [6, 6.07) is 0.809. The van der Waals surface area contributed by atoms with Crippen molar-refractivity contribution in [1.29, 1.82) is 0 Å². The van der Waals surface area contributed by atoms with Gasteiger partial charge in [-0.1, -0.05) is 19.0 Å². The lowest BCUT2D eigenvalue weighted by atomic mass is 9.89. The molecule has 0 amide bonds. The Kier molecular flexibility index (Phi) is 7.67. The van der Waals surface area contributed by atoms with E-state index in [4.69, 9.17) is 4.84 Å². The highest BCUT2D eigenvalue weighted by molar-refractivity contribution is 5.86. The lowest BCUT2D eigenvalue weighted by Gasteiger charge is -2.37. The molecule has 128 valence electrons. The normalized spacial score (nSPS) is 26.9. The van der Waals surface area contributed by atoms with Crippen LogP contribution < -0.4 is 0 Å². The van der Waals surface area contributed by atoms with Gasteiger partial charge in [0, 0.05) is 12.0 Å². The monoisotopic (exact) mass is 309 g/mol. The third-order valence-corrected chi connectivity index (χ3v) is 5.28. The van der Waals surface area contributed by atoms with Crippen molar-refractivity contribution in [2.45, 2.75) is 64.8 Å². The van der Waals surface area contributed by atoms with Crippen LogP contribution in [0, 0.1) is 5.92 Å². The van der Waals surface area contributed by atoms with Gasteiger partial charge in [0.05, 0.1) is 5.71 Å². The van der Waals surface area contributed by atoms with Crippen molar-refractivity contribution in [3.63, 3.8) is 0 Å². The van der Waals surface area contributed by atoms with Crippen LogP contribution in [-0.4, -0.2) is 61.4 Å². The summed E-state index contributed by atoms with van der Waals surface area (Å²) >= 11 is 0. The van der Waals surface area contributed by atoms with Crippen LogP contribution in [0.4, 0.5) is 0 Å². The van der Waals surface area contributed by atoms with Gasteiger partial charge in [-0.05, 0) is 78.2 Å². The summed E-state index contributed by atoms with van der Waals surface area (Å²) in [5.41, 5.74) is 1.29. The molecular weight excluding hydrogens is 274 g/mol. The maximum absolute atomic E-state index is 5.43. The zero-order valence-corrected chi connectivity index (χ0v) is 14.9. The molecule has 0 saturated carbocycles. The molecule has 0 aromatic heterocycles. The van der Waals surface area contributed by atoms with Crippen molar-refractivity contribution in [3.8, 4) is 0 Å². The summed E-state index contributed by atoms with van der Waals surface area (Å²) in [7, 11) is 2.26. The average Bonchev–Trinajstić information content (AvgIpc) is 2.77. The molecular formula is C18H35N3O. The van der Waals surface area contributed by atoms with Gasteiger partial charge in [-0.25, -0.2) is 0 Å². The van der Waals surface area contributed by atoms with E-state index in [0.717, 1.165) is 25.5 Å².